The molecule has 0 spiro atoms. The molecule has 1 atom stereocenters. The SMILES string of the molecule is Oc1ccc(-c2nc(C3CCCO3)no2)c(O)c1. The van der Waals surface area contributed by atoms with Gasteiger partial charge in [-0.05, 0) is 25.0 Å². The number of phenolic OH excluding ortho intramolecular Hbond substituents is 2. The molecule has 6 nitrogen and oxygen atoms in total. The predicted octanol–water partition coefficient (Wildman–Crippen LogP) is 2.00. The van der Waals surface area contributed by atoms with Gasteiger partial charge in [0.25, 0.3) is 5.89 Å². The van der Waals surface area contributed by atoms with E-state index in [2.05, 4.69) is 10.1 Å². The van der Waals surface area contributed by atoms with Gasteiger partial charge in [0.2, 0.25) is 5.82 Å². The molecule has 1 aromatic heterocycles. The number of nitrogens with zero attached hydrogens (tertiary/aromatic N) is 2. The molecule has 2 heterocycles. The second-order valence-electron chi connectivity index (χ2n) is 4.16. The molecule has 18 heavy (non-hydrogen) atoms. The molecule has 94 valence electrons. The van der Waals surface area contributed by atoms with Crippen molar-refractivity contribution in [3.05, 3.63) is 24.0 Å². The summed E-state index contributed by atoms with van der Waals surface area (Å²) in [5.41, 5.74) is 0.393. The van der Waals surface area contributed by atoms with Crippen molar-refractivity contribution in [2.75, 3.05) is 6.61 Å². The Balaban J connectivity index is 1.92. The summed E-state index contributed by atoms with van der Waals surface area (Å²) >= 11 is 0. The summed E-state index contributed by atoms with van der Waals surface area (Å²) in [6.07, 6.45) is 1.74. The summed E-state index contributed by atoms with van der Waals surface area (Å²) in [7, 11) is 0. The Hall–Kier alpha value is -2.08. The molecule has 6 heteroatoms. The lowest BCUT2D eigenvalue weighted by molar-refractivity contribution is 0.103. The Bertz CT molecular complexity index is 561. The number of benzene rings is 1. The zero-order chi connectivity index (χ0) is 12.5. The molecule has 0 radical (unpaired) electrons. The van der Waals surface area contributed by atoms with E-state index in [1.54, 1.807) is 0 Å². The number of hydrogen-bond acceptors (Lipinski definition) is 6. The molecule has 1 fully saturated rings. The summed E-state index contributed by atoms with van der Waals surface area (Å²) < 4.78 is 10.6. The molecule has 0 amide bonds. The minimum atomic E-state index is -0.123. The second kappa shape index (κ2) is 4.30. The number of hydrogen-bond donors (Lipinski definition) is 2. The van der Waals surface area contributed by atoms with Gasteiger partial charge in [-0.15, -0.1) is 0 Å². The molecule has 2 aromatic rings. The van der Waals surface area contributed by atoms with Gasteiger partial charge in [-0.2, -0.15) is 4.98 Å². The Kier molecular flexibility index (Phi) is 2.64. The number of aromatic nitrogens is 2. The van der Waals surface area contributed by atoms with Crippen LogP contribution in [0.3, 0.4) is 0 Å². The molecule has 1 aliphatic heterocycles. The van der Waals surface area contributed by atoms with Gasteiger partial charge >= 0.3 is 0 Å². The van der Waals surface area contributed by atoms with Crippen molar-refractivity contribution in [3.63, 3.8) is 0 Å². The fourth-order valence-electron chi connectivity index (χ4n) is 1.96. The van der Waals surface area contributed by atoms with E-state index in [-0.39, 0.29) is 23.5 Å². The van der Waals surface area contributed by atoms with E-state index >= 15 is 0 Å². The molecule has 0 saturated carbocycles. The largest absolute Gasteiger partial charge is 0.508 e. The monoisotopic (exact) mass is 248 g/mol. The first-order chi connectivity index (χ1) is 8.74. The molecule has 0 bridgehead atoms. The van der Waals surface area contributed by atoms with Gasteiger partial charge in [0.1, 0.15) is 17.6 Å². The highest BCUT2D eigenvalue weighted by Gasteiger charge is 2.24. The molecule has 2 N–H and O–H groups in total. The first kappa shape index (κ1) is 11.0. The molecular weight excluding hydrogens is 236 g/mol. The zero-order valence-corrected chi connectivity index (χ0v) is 9.54. The van der Waals surface area contributed by atoms with Crippen LogP contribution in [-0.4, -0.2) is 27.0 Å². The molecule has 1 unspecified atom stereocenters. The lowest BCUT2D eigenvalue weighted by atomic mass is 10.2. The molecule has 1 aliphatic rings. The van der Waals surface area contributed by atoms with Crippen molar-refractivity contribution in [1.29, 1.82) is 0 Å². The van der Waals surface area contributed by atoms with E-state index < -0.39 is 0 Å². The van der Waals surface area contributed by atoms with Crippen LogP contribution < -0.4 is 0 Å². The van der Waals surface area contributed by atoms with Crippen LogP contribution in [0.2, 0.25) is 0 Å². The first-order valence-electron chi connectivity index (χ1n) is 5.71. The van der Waals surface area contributed by atoms with Crippen LogP contribution in [0.15, 0.2) is 22.7 Å². The summed E-state index contributed by atoms with van der Waals surface area (Å²) in [5, 5.41) is 22.8. The van der Waals surface area contributed by atoms with Crippen molar-refractivity contribution < 1.29 is 19.5 Å². The first-order valence-corrected chi connectivity index (χ1v) is 5.71. The van der Waals surface area contributed by atoms with Crippen LogP contribution in [0.4, 0.5) is 0 Å². The van der Waals surface area contributed by atoms with Crippen LogP contribution in [-0.2, 0) is 4.74 Å². The average Bonchev–Trinajstić information content (AvgIpc) is 2.99. The number of rotatable bonds is 2. The highest BCUT2D eigenvalue weighted by atomic mass is 16.5. The summed E-state index contributed by atoms with van der Waals surface area (Å²) in [5.74, 6) is 0.598. The number of ether oxygens (including phenoxy) is 1. The highest BCUT2D eigenvalue weighted by Crippen LogP contribution is 2.33. The van der Waals surface area contributed by atoms with Crippen LogP contribution in [0, 0.1) is 0 Å². The van der Waals surface area contributed by atoms with E-state index in [9.17, 15) is 10.2 Å². The maximum atomic E-state index is 9.70. The van der Waals surface area contributed by atoms with Gasteiger partial charge in [0.05, 0.1) is 5.56 Å². The van der Waals surface area contributed by atoms with Crippen molar-refractivity contribution in [1.82, 2.24) is 10.1 Å². The van der Waals surface area contributed by atoms with Crippen LogP contribution in [0.5, 0.6) is 11.5 Å². The lowest BCUT2D eigenvalue weighted by Crippen LogP contribution is -1.97. The van der Waals surface area contributed by atoms with Gasteiger partial charge < -0.3 is 19.5 Å². The molecule has 3 rings (SSSR count). The Morgan fingerprint density at radius 2 is 2.17 bits per heavy atom. The summed E-state index contributed by atoms with van der Waals surface area (Å²) in [6.45, 7) is 0.707. The minimum absolute atomic E-state index is 0.0184. The van der Waals surface area contributed by atoms with E-state index in [4.69, 9.17) is 9.26 Å². The molecule has 1 saturated heterocycles. The van der Waals surface area contributed by atoms with Crippen LogP contribution >= 0.6 is 0 Å². The van der Waals surface area contributed by atoms with Gasteiger partial charge in [-0.25, -0.2) is 0 Å². The maximum Gasteiger partial charge on any atom is 0.261 e. The van der Waals surface area contributed by atoms with Crippen LogP contribution in [0.25, 0.3) is 11.5 Å². The standard InChI is InChI=1S/C12H12N2O4/c15-7-3-4-8(9(16)6-7)12-13-11(14-18-12)10-2-1-5-17-10/h3-4,6,10,15-16H,1-2,5H2. The van der Waals surface area contributed by atoms with Gasteiger partial charge in [0.15, 0.2) is 0 Å². The van der Waals surface area contributed by atoms with Crippen molar-refractivity contribution in [2.24, 2.45) is 0 Å². The van der Waals surface area contributed by atoms with Crippen molar-refractivity contribution in [2.45, 2.75) is 18.9 Å². The molecule has 1 aromatic carbocycles. The number of aromatic hydroxyl groups is 2. The maximum absolute atomic E-state index is 9.70. The van der Waals surface area contributed by atoms with Gasteiger partial charge in [-0.3, -0.25) is 0 Å². The topological polar surface area (TPSA) is 88.6 Å². The van der Waals surface area contributed by atoms with Gasteiger partial charge in [-0.1, -0.05) is 5.16 Å². The summed E-state index contributed by atoms with van der Waals surface area (Å²) in [4.78, 5) is 4.21. The van der Waals surface area contributed by atoms with Crippen molar-refractivity contribution >= 4 is 0 Å². The zero-order valence-electron chi connectivity index (χ0n) is 9.54. The molecule has 0 aliphatic carbocycles. The van der Waals surface area contributed by atoms with E-state index in [1.807, 2.05) is 0 Å². The molecular formula is C12H12N2O4. The Morgan fingerprint density at radius 3 is 2.89 bits per heavy atom. The second-order valence-corrected chi connectivity index (χ2v) is 4.16. The Labute approximate surface area is 103 Å². The Morgan fingerprint density at radius 1 is 1.28 bits per heavy atom. The normalized spacial score (nSPS) is 19.2. The average molecular weight is 248 g/mol. The van der Waals surface area contributed by atoms with Crippen LogP contribution in [0.1, 0.15) is 24.8 Å². The third-order valence-corrected chi connectivity index (χ3v) is 2.87. The number of phenols is 2. The van der Waals surface area contributed by atoms with Gasteiger partial charge in [0, 0.05) is 12.7 Å². The van der Waals surface area contributed by atoms with E-state index in [0.717, 1.165) is 12.8 Å². The van der Waals surface area contributed by atoms with E-state index in [0.29, 0.717) is 18.0 Å². The quantitative estimate of drug-likeness (QED) is 0.845. The fourth-order valence-corrected chi connectivity index (χ4v) is 1.96. The smallest absolute Gasteiger partial charge is 0.261 e. The third-order valence-electron chi connectivity index (χ3n) is 2.87. The highest BCUT2D eigenvalue weighted by molar-refractivity contribution is 5.63. The summed E-state index contributed by atoms with van der Waals surface area (Å²) in [6, 6.07) is 4.20. The van der Waals surface area contributed by atoms with E-state index in [1.165, 1.54) is 18.2 Å². The fraction of sp³-hybridized carbons (Fsp3) is 0.333. The lowest BCUT2D eigenvalue weighted by Gasteiger charge is -2.01. The van der Waals surface area contributed by atoms with Crippen molar-refractivity contribution in [3.8, 4) is 23.0 Å². The minimum Gasteiger partial charge on any atom is -0.508 e. The predicted molar refractivity (Wildman–Crippen MR) is 61.0 cm³/mol. The third kappa shape index (κ3) is 1.91.